The number of rotatable bonds is 9. The lowest BCUT2D eigenvalue weighted by molar-refractivity contribution is 0.0528. The summed E-state index contributed by atoms with van der Waals surface area (Å²) < 4.78 is 26.3. The molecule has 3 aromatic rings. The molecule has 0 saturated carbocycles. The lowest BCUT2D eigenvalue weighted by atomic mass is 9.95. The van der Waals surface area contributed by atoms with E-state index < -0.39 is 5.97 Å². The minimum absolute atomic E-state index is 0.107. The molecular weight excluding hydrogens is 501 g/mol. The van der Waals surface area contributed by atoms with Crippen LogP contribution in [0.1, 0.15) is 69.4 Å². The van der Waals surface area contributed by atoms with Gasteiger partial charge in [-0.15, -0.1) is 0 Å². The molecule has 3 heterocycles. The Hall–Kier alpha value is -3.69. The summed E-state index contributed by atoms with van der Waals surface area (Å²) in [5, 5.41) is 5.58. The molecule has 1 saturated heterocycles. The van der Waals surface area contributed by atoms with Crippen molar-refractivity contribution in [2.45, 2.75) is 53.4 Å². The summed E-state index contributed by atoms with van der Waals surface area (Å²) in [6, 6.07) is 7.84. The molecule has 1 amide bonds. The third-order valence-corrected chi connectivity index (χ3v) is 6.99. The van der Waals surface area contributed by atoms with Gasteiger partial charge < -0.3 is 19.3 Å². The first-order valence-corrected chi connectivity index (χ1v) is 13.8. The highest BCUT2D eigenvalue weighted by molar-refractivity contribution is 6.05. The summed E-state index contributed by atoms with van der Waals surface area (Å²) in [5.74, 6) is 0.188. The molecule has 210 valence electrons. The van der Waals surface area contributed by atoms with Gasteiger partial charge in [0.15, 0.2) is 5.65 Å². The summed E-state index contributed by atoms with van der Waals surface area (Å²) in [7, 11) is 0. The third kappa shape index (κ3) is 6.15. The highest BCUT2D eigenvalue weighted by atomic mass is 19.1. The normalized spacial score (nSPS) is 13.9. The number of carbonyl (C=O) groups is 2. The van der Waals surface area contributed by atoms with Gasteiger partial charge in [0.25, 0.3) is 0 Å². The van der Waals surface area contributed by atoms with Crippen LogP contribution in [0.3, 0.4) is 0 Å². The van der Waals surface area contributed by atoms with Crippen molar-refractivity contribution >= 4 is 28.9 Å². The number of carbonyl (C=O) groups excluding carboxylic acids is 2. The van der Waals surface area contributed by atoms with Gasteiger partial charge in [0.05, 0.1) is 35.5 Å². The molecule has 10 heteroatoms. The zero-order valence-electron chi connectivity index (χ0n) is 23.4. The Morgan fingerprint density at radius 1 is 1.00 bits per heavy atom. The first-order chi connectivity index (χ1) is 18.8. The standard InChI is InChI=1S/C29H38FN5O4/c1-6-20(7-2)26-25-23(28(36)38-8-3)17-24(31-27(25)35(32-26)22-11-9-21(30)10-12-22)33-13-15-34(16-14-33)29(37)39-18-19(4)5/h9-12,17,19-20H,6-8,13-16,18H2,1-5H3. The van der Waals surface area contributed by atoms with Crippen LogP contribution in [-0.4, -0.2) is 71.1 Å². The van der Waals surface area contributed by atoms with Gasteiger partial charge in [0.2, 0.25) is 0 Å². The smallest absolute Gasteiger partial charge is 0.409 e. The number of pyridine rings is 1. The Balaban J connectivity index is 1.78. The second-order valence-corrected chi connectivity index (χ2v) is 10.2. The van der Waals surface area contributed by atoms with Crippen molar-refractivity contribution in [2.24, 2.45) is 5.92 Å². The molecule has 0 aliphatic carbocycles. The zero-order valence-corrected chi connectivity index (χ0v) is 23.4. The van der Waals surface area contributed by atoms with Crippen LogP contribution in [0.4, 0.5) is 15.0 Å². The van der Waals surface area contributed by atoms with Crippen LogP contribution < -0.4 is 4.90 Å². The van der Waals surface area contributed by atoms with Gasteiger partial charge in [0.1, 0.15) is 11.6 Å². The predicted molar refractivity (Wildman–Crippen MR) is 148 cm³/mol. The minimum Gasteiger partial charge on any atom is -0.462 e. The highest BCUT2D eigenvalue weighted by Crippen LogP contribution is 2.35. The number of amides is 1. The molecule has 0 spiro atoms. The van der Waals surface area contributed by atoms with Gasteiger partial charge in [-0.2, -0.15) is 5.10 Å². The lowest BCUT2D eigenvalue weighted by Gasteiger charge is -2.35. The van der Waals surface area contributed by atoms with E-state index in [0.717, 1.165) is 18.5 Å². The number of nitrogens with zero attached hydrogens (tertiary/aromatic N) is 5. The largest absolute Gasteiger partial charge is 0.462 e. The first-order valence-electron chi connectivity index (χ1n) is 13.8. The lowest BCUT2D eigenvalue weighted by Crippen LogP contribution is -2.49. The number of piperazine rings is 1. The van der Waals surface area contributed by atoms with Crippen molar-refractivity contribution in [1.82, 2.24) is 19.7 Å². The molecule has 1 fully saturated rings. The number of ether oxygens (including phenoxy) is 2. The predicted octanol–water partition coefficient (Wildman–Crippen LogP) is 5.55. The first kappa shape index (κ1) is 28.3. The van der Waals surface area contributed by atoms with E-state index in [-0.39, 0.29) is 30.4 Å². The Morgan fingerprint density at radius 3 is 2.26 bits per heavy atom. The van der Waals surface area contributed by atoms with Crippen molar-refractivity contribution in [3.05, 3.63) is 47.4 Å². The van der Waals surface area contributed by atoms with Crippen molar-refractivity contribution in [3.63, 3.8) is 0 Å². The van der Waals surface area contributed by atoms with Crippen molar-refractivity contribution in [1.29, 1.82) is 0 Å². The number of esters is 1. The maximum atomic E-state index is 13.7. The molecule has 1 aromatic carbocycles. The number of halogens is 1. The topological polar surface area (TPSA) is 89.8 Å². The fourth-order valence-corrected chi connectivity index (χ4v) is 4.83. The van der Waals surface area contributed by atoms with Crippen LogP contribution in [0, 0.1) is 11.7 Å². The van der Waals surface area contributed by atoms with E-state index in [9.17, 15) is 14.0 Å². The maximum absolute atomic E-state index is 13.7. The second-order valence-electron chi connectivity index (χ2n) is 10.2. The van der Waals surface area contributed by atoms with Crippen LogP contribution in [0.25, 0.3) is 16.7 Å². The Labute approximate surface area is 228 Å². The van der Waals surface area contributed by atoms with Gasteiger partial charge in [-0.25, -0.2) is 23.6 Å². The van der Waals surface area contributed by atoms with E-state index in [2.05, 4.69) is 13.8 Å². The number of benzene rings is 1. The monoisotopic (exact) mass is 539 g/mol. The summed E-state index contributed by atoms with van der Waals surface area (Å²) in [6.07, 6.45) is 1.36. The number of anilines is 1. The van der Waals surface area contributed by atoms with Crippen LogP contribution in [0.5, 0.6) is 0 Å². The summed E-state index contributed by atoms with van der Waals surface area (Å²) >= 11 is 0. The average molecular weight is 540 g/mol. The Bertz CT molecular complexity index is 1300. The quantitative estimate of drug-likeness (QED) is 0.329. The summed E-state index contributed by atoms with van der Waals surface area (Å²) in [6.45, 7) is 12.6. The second kappa shape index (κ2) is 12.4. The minimum atomic E-state index is -0.437. The molecule has 0 unspecified atom stereocenters. The number of hydrogen-bond acceptors (Lipinski definition) is 7. The van der Waals surface area contributed by atoms with Crippen LogP contribution in [0.15, 0.2) is 30.3 Å². The Morgan fingerprint density at radius 2 is 1.67 bits per heavy atom. The summed E-state index contributed by atoms with van der Waals surface area (Å²) in [5.41, 5.74) is 2.35. The van der Waals surface area contributed by atoms with Gasteiger partial charge in [-0.1, -0.05) is 27.7 Å². The number of hydrogen-bond donors (Lipinski definition) is 0. The average Bonchev–Trinajstić information content (AvgIpc) is 3.32. The van der Waals surface area contributed by atoms with E-state index in [4.69, 9.17) is 19.6 Å². The number of fused-ring (bicyclic) bond motifs is 1. The zero-order chi connectivity index (χ0) is 28.1. The van der Waals surface area contributed by atoms with Gasteiger partial charge >= 0.3 is 12.1 Å². The molecular formula is C29H38FN5O4. The van der Waals surface area contributed by atoms with Crippen LogP contribution in [-0.2, 0) is 9.47 Å². The number of aromatic nitrogens is 3. The van der Waals surface area contributed by atoms with Crippen molar-refractivity contribution in [3.8, 4) is 5.69 Å². The molecule has 0 bridgehead atoms. The third-order valence-electron chi connectivity index (χ3n) is 6.99. The Kier molecular flexibility index (Phi) is 9.04. The molecule has 0 N–H and O–H groups in total. The van der Waals surface area contributed by atoms with Crippen LogP contribution in [0.2, 0.25) is 0 Å². The van der Waals surface area contributed by atoms with Crippen LogP contribution >= 0.6 is 0 Å². The van der Waals surface area contributed by atoms with Crippen molar-refractivity contribution < 1.29 is 23.5 Å². The van der Waals surface area contributed by atoms with Crippen molar-refractivity contribution in [2.75, 3.05) is 44.3 Å². The van der Waals surface area contributed by atoms with Gasteiger partial charge in [0, 0.05) is 32.1 Å². The van der Waals surface area contributed by atoms with E-state index >= 15 is 0 Å². The maximum Gasteiger partial charge on any atom is 0.409 e. The molecule has 2 aromatic heterocycles. The molecule has 0 atom stereocenters. The van der Waals surface area contributed by atoms with E-state index in [1.807, 2.05) is 18.7 Å². The SMILES string of the molecule is CCOC(=O)c1cc(N2CCN(C(=O)OCC(C)C)CC2)nc2c1c(C(CC)CC)nn2-c1ccc(F)cc1. The fourth-order valence-electron chi connectivity index (χ4n) is 4.83. The molecule has 9 nitrogen and oxygen atoms in total. The molecule has 1 aliphatic rings. The highest BCUT2D eigenvalue weighted by Gasteiger charge is 2.29. The summed E-state index contributed by atoms with van der Waals surface area (Å²) in [4.78, 5) is 34.5. The molecule has 4 rings (SSSR count). The van der Waals surface area contributed by atoms with Gasteiger partial charge in [-0.05, 0) is 56.0 Å². The van der Waals surface area contributed by atoms with E-state index in [1.165, 1.54) is 12.1 Å². The molecule has 39 heavy (non-hydrogen) atoms. The van der Waals surface area contributed by atoms with E-state index in [1.54, 1.807) is 34.7 Å². The fraction of sp³-hybridized carbons (Fsp3) is 0.517. The van der Waals surface area contributed by atoms with E-state index in [0.29, 0.717) is 60.9 Å². The molecule has 0 radical (unpaired) electrons. The molecule has 1 aliphatic heterocycles. The van der Waals surface area contributed by atoms with Gasteiger partial charge in [-0.3, -0.25) is 0 Å².